The van der Waals surface area contributed by atoms with Crippen molar-refractivity contribution in [1.82, 2.24) is 20.4 Å². The third-order valence-electron chi connectivity index (χ3n) is 4.19. The van der Waals surface area contributed by atoms with Gasteiger partial charge in [0.2, 0.25) is 11.8 Å². The summed E-state index contributed by atoms with van der Waals surface area (Å²) in [6.45, 7) is 9.53. The van der Waals surface area contributed by atoms with Gasteiger partial charge in [-0.25, -0.2) is 4.68 Å². The second-order valence-electron chi connectivity index (χ2n) is 6.54. The molecule has 6 heteroatoms. The van der Waals surface area contributed by atoms with E-state index in [-0.39, 0.29) is 17.7 Å². The summed E-state index contributed by atoms with van der Waals surface area (Å²) in [7, 11) is 0. The molecule has 0 bridgehead atoms. The maximum atomic E-state index is 12.4. The minimum Gasteiger partial charge on any atom is -0.350 e. The highest BCUT2D eigenvalue weighted by Crippen LogP contribution is 2.17. The molecule has 1 aromatic heterocycles. The highest BCUT2D eigenvalue weighted by molar-refractivity contribution is 5.87. The number of nitrogens with one attached hydrogen (secondary N) is 2. The quantitative estimate of drug-likeness (QED) is 0.845. The molecular weight excluding hydrogens is 316 g/mol. The molecule has 25 heavy (non-hydrogen) atoms. The smallest absolute Gasteiger partial charge is 0.243 e. The summed E-state index contributed by atoms with van der Waals surface area (Å²) in [6.07, 6.45) is 0. The van der Waals surface area contributed by atoms with E-state index in [9.17, 15) is 9.59 Å². The Bertz CT molecular complexity index is 750. The summed E-state index contributed by atoms with van der Waals surface area (Å²) in [5.41, 5.74) is 3.84. The monoisotopic (exact) mass is 342 g/mol. The van der Waals surface area contributed by atoms with Crippen LogP contribution < -0.4 is 10.6 Å². The Morgan fingerprint density at radius 1 is 1.16 bits per heavy atom. The molecule has 134 valence electrons. The van der Waals surface area contributed by atoms with Crippen molar-refractivity contribution in [2.45, 2.75) is 47.2 Å². The summed E-state index contributed by atoms with van der Waals surface area (Å²) < 4.78 is 1.88. The van der Waals surface area contributed by atoms with Gasteiger partial charge in [0.1, 0.15) is 6.04 Å². The molecule has 2 aromatic rings. The van der Waals surface area contributed by atoms with Gasteiger partial charge in [0.25, 0.3) is 0 Å². The first-order valence-corrected chi connectivity index (χ1v) is 8.46. The number of para-hydroxylation sites is 1. The van der Waals surface area contributed by atoms with Crippen LogP contribution in [0.2, 0.25) is 0 Å². The number of nitrogens with zero attached hydrogens (tertiary/aromatic N) is 2. The van der Waals surface area contributed by atoms with Crippen LogP contribution in [0.3, 0.4) is 0 Å². The van der Waals surface area contributed by atoms with Crippen LogP contribution in [0.15, 0.2) is 30.3 Å². The average molecular weight is 342 g/mol. The summed E-state index contributed by atoms with van der Waals surface area (Å²) in [6, 6.07) is 9.34. The Balaban J connectivity index is 2.14. The normalized spacial score (nSPS) is 12.1. The van der Waals surface area contributed by atoms with E-state index >= 15 is 0 Å². The number of hydrogen-bond donors (Lipinski definition) is 2. The van der Waals surface area contributed by atoms with Crippen molar-refractivity contribution in [3.8, 4) is 5.69 Å². The summed E-state index contributed by atoms with van der Waals surface area (Å²) >= 11 is 0. The highest BCUT2D eigenvalue weighted by atomic mass is 16.2. The van der Waals surface area contributed by atoms with Crippen molar-refractivity contribution in [2.75, 3.05) is 0 Å². The van der Waals surface area contributed by atoms with Gasteiger partial charge in [0, 0.05) is 24.7 Å². The molecule has 1 heterocycles. The molecule has 0 fully saturated rings. The van der Waals surface area contributed by atoms with Gasteiger partial charge in [-0.1, -0.05) is 32.0 Å². The molecular formula is C19H26N4O2. The molecule has 2 amide bonds. The highest BCUT2D eigenvalue weighted by Gasteiger charge is 2.23. The Hall–Kier alpha value is -2.63. The largest absolute Gasteiger partial charge is 0.350 e. The first kappa shape index (κ1) is 18.7. The van der Waals surface area contributed by atoms with Crippen molar-refractivity contribution in [2.24, 2.45) is 5.92 Å². The molecule has 0 unspecified atom stereocenters. The summed E-state index contributed by atoms with van der Waals surface area (Å²) in [5, 5.41) is 10.2. The number of carbonyl (C=O) groups is 2. The third kappa shape index (κ3) is 4.47. The minimum absolute atomic E-state index is 0.0122. The maximum absolute atomic E-state index is 12.4. The van der Waals surface area contributed by atoms with Crippen molar-refractivity contribution in [3.63, 3.8) is 0 Å². The molecule has 6 nitrogen and oxygen atoms in total. The summed E-state index contributed by atoms with van der Waals surface area (Å²) in [4.78, 5) is 23.7. The van der Waals surface area contributed by atoms with Crippen LogP contribution in [0.4, 0.5) is 0 Å². The number of aryl methyl sites for hydroxylation is 1. The SMILES string of the molecule is CC(=O)N[C@H](C(=O)NCc1c(C)nn(-c2ccccc2)c1C)C(C)C. The van der Waals surface area contributed by atoms with E-state index in [2.05, 4.69) is 15.7 Å². The Labute approximate surface area is 148 Å². The number of aromatic nitrogens is 2. The Morgan fingerprint density at radius 2 is 1.80 bits per heavy atom. The van der Waals surface area contributed by atoms with Crippen LogP contribution in [0.25, 0.3) is 5.69 Å². The van der Waals surface area contributed by atoms with Gasteiger partial charge in [-0.15, -0.1) is 0 Å². The standard InChI is InChI=1S/C19H26N4O2/c1-12(2)18(21-15(5)24)19(25)20-11-17-13(3)22-23(14(17)4)16-9-7-6-8-10-16/h6-10,12,18H,11H2,1-5H3,(H,20,25)(H,21,24)/t18-/m0/s1. The third-order valence-corrected chi connectivity index (χ3v) is 4.19. The van der Waals surface area contributed by atoms with Gasteiger partial charge >= 0.3 is 0 Å². The van der Waals surface area contributed by atoms with Gasteiger partial charge in [-0.05, 0) is 31.9 Å². The summed E-state index contributed by atoms with van der Waals surface area (Å²) in [5.74, 6) is -0.382. The van der Waals surface area contributed by atoms with Crippen molar-refractivity contribution >= 4 is 11.8 Å². The number of rotatable bonds is 6. The predicted molar refractivity (Wildman–Crippen MR) is 97.3 cm³/mol. The zero-order valence-electron chi connectivity index (χ0n) is 15.5. The number of carbonyl (C=O) groups excluding carboxylic acids is 2. The lowest BCUT2D eigenvalue weighted by atomic mass is 10.0. The molecule has 2 N–H and O–H groups in total. The fraction of sp³-hybridized carbons (Fsp3) is 0.421. The lowest BCUT2D eigenvalue weighted by molar-refractivity contribution is -0.129. The molecule has 1 atom stereocenters. The number of hydrogen-bond acceptors (Lipinski definition) is 3. The van der Waals surface area contributed by atoms with E-state index in [0.29, 0.717) is 6.54 Å². The van der Waals surface area contributed by atoms with E-state index in [4.69, 9.17) is 0 Å². The van der Waals surface area contributed by atoms with Crippen LogP contribution in [-0.4, -0.2) is 27.6 Å². The van der Waals surface area contributed by atoms with Crippen LogP contribution in [0.1, 0.15) is 37.7 Å². The van der Waals surface area contributed by atoms with Crippen LogP contribution in [-0.2, 0) is 16.1 Å². The van der Waals surface area contributed by atoms with Gasteiger partial charge in [0.05, 0.1) is 11.4 Å². The fourth-order valence-corrected chi connectivity index (χ4v) is 2.79. The van der Waals surface area contributed by atoms with E-state index in [1.807, 2.05) is 62.7 Å². The molecule has 0 saturated heterocycles. The van der Waals surface area contributed by atoms with Gasteiger partial charge in [-0.3, -0.25) is 9.59 Å². The Morgan fingerprint density at radius 3 is 2.36 bits per heavy atom. The molecule has 1 aromatic carbocycles. The second-order valence-corrected chi connectivity index (χ2v) is 6.54. The Kier molecular flexibility index (Phi) is 5.96. The molecule has 0 aliphatic carbocycles. The zero-order chi connectivity index (χ0) is 18.6. The van der Waals surface area contributed by atoms with E-state index < -0.39 is 6.04 Å². The predicted octanol–water partition coefficient (Wildman–Crippen LogP) is 2.27. The average Bonchev–Trinajstić information content (AvgIpc) is 2.85. The van der Waals surface area contributed by atoms with Crippen molar-refractivity contribution in [1.29, 1.82) is 0 Å². The zero-order valence-corrected chi connectivity index (χ0v) is 15.5. The van der Waals surface area contributed by atoms with Crippen molar-refractivity contribution < 1.29 is 9.59 Å². The molecule has 0 radical (unpaired) electrons. The molecule has 0 spiro atoms. The molecule has 0 aliphatic rings. The van der Waals surface area contributed by atoms with Gasteiger partial charge < -0.3 is 10.6 Å². The number of amides is 2. The van der Waals surface area contributed by atoms with Crippen LogP contribution in [0, 0.1) is 19.8 Å². The lowest BCUT2D eigenvalue weighted by Gasteiger charge is -2.21. The minimum atomic E-state index is -0.540. The topological polar surface area (TPSA) is 76.0 Å². The van der Waals surface area contributed by atoms with Gasteiger partial charge in [0.15, 0.2) is 0 Å². The number of benzene rings is 1. The maximum Gasteiger partial charge on any atom is 0.243 e. The van der Waals surface area contributed by atoms with E-state index in [1.54, 1.807) is 0 Å². The molecule has 0 aliphatic heterocycles. The van der Waals surface area contributed by atoms with Gasteiger partial charge in [-0.2, -0.15) is 5.10 Å². The molecule has 2 rings (SSSR count). The van der Waals surface area contributed by atoms with Crippen LogP contribution >= 0.6 is 0 Å². The van der Waals surface area contributed by atoms with Crippen LogP contribution in [0.5, 0.6) is 0 Å². The first-order chi connectivity index (χ1) is 11.8. The van der Waals surface area contributed by atoms with E-state index in [0.717, 1.165) is 22.6 Å². The van der Waals surface area contributed by atoms with E-state index in [1.165, 1.54) is 6.92 Å². The fourth-order valence-electron chi connectivity index (χ4n) is 2.79. The lowest BCUT2D eigenvalue weighted by Crippen LogP contribution is -2.48. The van der Waals surface area contributed by atoms with Crippen molar-refractivity contribution in [3.05, 3.63) is 47.3 Å². The second kappa shape index (κ2) is 7.96. The first-order valence-electron chi connectivity index (χ1n) is 8.46. The molecule has 0 saturated carbocycles.